The summed E-state index contributed by atoms with van der Waals surface area (Å²) >= 11 is 6.04. The van der Waals surface area contributed by atoms with Crippen LogP contribution in [0.15, 0.2) is 54.6 Å². The molecule has 0 N–H and O–H groups in total. The van der Waals surface area contributed by atoms with E-state index < -0.39 is 6.04 Å². The van der Waals surface area contributed by atoms with Crippen LogP contribution in [0.4, 0.5) is 5.69 Å². The highest BCUT2D eigenvalue weighted by Crippen LogP contribution is 2.48. The number of hydrazine groups is 1. The monoisotopic (exact) mass is 367 g/mol. The highest BCUT2D eigenvalue weighted by molar-refractivity contribution is 6.30. The number of rotatable bonds is 2. The fraction of sp³-hybridized carbons (Fsp3) is 0.300. The fourth-order valence-electron chi connectivity index (χ4n) is 4.60. The minimum Gasteiger partial charge on any atom is -0.274 e. The third-order valence-corrected chi connectivity index (χ3v) is 5.88. The summed E-state index contributed by atoms with van der Waals surface area (Å²) in [6, 6.07) is 16.3. The first-order valence-electron chi connectivity index (χ1n) is 8.88. The molecule has 2 aromatic carbocycles. The first-order valence-corrected chi connectivity index (χ1v) is 9.26. The third kappa shape index (κ3) is 2.18. The molecule has 3 aliphatic rings. The Kier molecular flexibility index (Phi) is 3.64. The zero-order valence-electron chi connectivity index (χ0n) is 14.1. The van der Waals surface area contributed by atoms with Crippen LogP contribution in [0.1, 0.15) is 18.0 Å². The summed E-state index contributed by atoms with van der Waals surface area (Å²) in [5.41, 5.74) is 1.68. The molecule has 0 saturated carbocycles. The molecule has 132 valence electrons. The molecule has 0 radical (unpaired) electrons. The molecule has 3 fully saturated rings. The van der Waals surface area contributed by atoms with Crippen molar-refractivity contribution in [3.8, 4) is 0 Å². The van der Waals surface area contributed by atoms with Gasteiger partial charge in [-0.25, -0.2) is 14.9 Å². The predicted molar refractivity (Wildman–Crippen MR) is 98.4 cm³/mol. The van der Waals surface area contributed by atoms with Crippen molar-refractivity contribution in [3.63, 3.8) is 0 Å². The molecule has 3 saturated heterocycles. The largest absolute Gasteiger partial charge is 0.274 e. The fourth-order valence-corrected chi connectivity index (χ4v) is 4.73. The molecule has 2 aromatic rings. The van der Waals surface area contributed by atoms with Gasteiger partial charge in [0.05, 0.1) is 17.6 Å². The van der Waals surface area contributed by atoms with Gasteiger partial charge in [-0.1, -0.05) is 41.9 Å². The Morgan fingerprint density at radius 3 is 2.15 bits per heavy atom. The summed E-state index contributed by atoms with van der Waals surface area (Å²) in [6.45, 7) is 1.68. The van der Waals surface area contributed by atoms with Crippen molar-refractivity contribution < 1.29 is 9.59 Å². The van der Waals surface area contributed by atoms with Crippen molar-refractivity contribution in [2.75, 3.05) is 18.0 Å². The van der Waals surface area contributed by atoms with Gasteiger partial charge in [-0.05, 0) is 36.2 Å². The quantitative estimate of drug-likeness (QED) is 0.766. The van der Waals surface area contributed by atoms with Crippen LogP contribution in [0.2, 0.25) is 5.02 Å². The maximum absolute atomic E-state index is 13.3. The molecular formula is C20H18ClN3O2. The number of benzene rings is 2. The van der Waals surface area contributed by atoms with E-state index in [-0.39, 0.29) is 23.8 Å². The lowest BCUT2D eigenvalue weighted by Gasteiger charge is -2.29. The lowest BCUT2D eigenvalue weighted by Crippen LogP contribution is -2.44. The van der Waals surface area contributed by atoms with Gasteiger partial charge in [0.15, 0.2) is 0 Å². The first kappa shape index (κ1) is 16.0. The van der Waals surface area contributed by atoms with Gasteiger partial charge in [0.1, 0.15) is 6.04 Å². The second-order valence-electron chi connectivity index (χ2n) is 6.99. The highest BCUT2D eigenvalue weighted by Gasteiger charge is 2.62. The number of carbonyl (C=O) groups excluding carboxylic acids is 2. The van der Waals surface area contributed by atoms with E-state index in [0.29, 0.717) is 10.7 Å². The second-order valence-corrected chi connectivity index (χ2v) is 7.43. The topological polar surface area (TPSA) is 43.9 Å². The Hall–Kier alpha value is -2.21. The summed E-state index contributed by atoms with van der Waals surface area (Å²) in [7, 11) is 0. The molecule has 5 rings (SSSR count). The van der Waals surface area contributed by atoms with E-state index in [1.165, 1.54) is 4.90 Å². The molecule has 0 unspecified atom stereocenters. The molecule has 0 aromatic heterocycles. The molecule has 0 spiro atoms. The van der Waals surface area contributed by atoms with Crippen LogP contribution in [0, 0.1) is 5.92 Å². The van der Waals surface area contributed by atoms with Crippen molar-refractivity contribution in [1.82, 2.24) is 10.0 Å². The molecule has 3 aliphatic heterocycles. The minimum absolute atomic E-state index is 0.111. The molecule has 26 heavy (non-hydrogen) atoms. The van der Waals surface area contributed by atoms with Gasteiger partial charge in [0.25, 0.3) is 5.91 Å². The number of fused-ring (bicyclic) bond motifs is 3. The average Bonchev–Trinajstić information content (AvgIpc) is 3.29. The molecule has 5 nitrogen and oxygen atoms in total. The van der Waals surface area contributed by atoms with Gasteiger partial charge in [-0.2, -0.15) is 0 Å². The van der Waals surface area contributed by atoms with E-state index in [1.807, 2.05) is 54.6 Å². The molecular weight excluding hydrogens is 350 g/mol. The number of amides is 2. The number of carbonyl (C=O) groups is 2. The van der Waals surface area contributed by atoms with E-state index >= 15 is 0 Å². The van der Waals surface area contributed by atoms with Crippen LogP contribution >= 0.6 is 11.6 Å². The maximum atomic E-state index is 13.3. The van der Waals surface area contributed by atoms with Gasteiger partial charge in [0, 0.05) is 18.1 Å². The number of nitrogens with zero attached hydrogens (tertiary/aromatic N) is 3. The smallest absolute Gasteiger partial charge is 0.253 e. The zero-order chi connectivity index (χ0) is 17.8. The van der Waals surface area contributed by atoms with E-state index in [2.05, 4.69) is 10.0 Å². The molecule has 3 heterocycles. The van der Waals surface area contributed by atoms with Crippen molar-refractivity contribution in [3.05, 3.63) is 65.2 Å². The number of hydrogen-bond donors (Lipinski definition) is 0. The normalized spacial score (nSPS) is 28.7. The number of halogens is 1. The van der Waals surface area contributed by atoms with Gasteiger partial charge < -0.3 is 0 Å². The van der Waals surface area contributed by atoms with Crippen LogP contribution < -0.4 is 4.90 Å². The van der Waals surface area contributed by atoms with Gasteiger partial charge in [0.2, 0.25) is 5.91 Å². The molecule has 0 bridgehead atoms. The van der Waals surface area contributed by atoms with Gasteiger partial charge in [-0.3, -0.25) is 9.59 Å². The molecule has 0 aliphatic carbocycles. The van der Waals surface area contributed by atoms with E-state index in [0.717, 1.165) is 25.1 Å². The van der Waals surface area contributed by atoms with Crippen molar-refractivity contribution >= 4 is 29.1 Å². The van der Waals surface area contributed by atoms with E-state index in [9.17, 15) is 9.59 Å². The summed E-state index contributed by atoms with van der Waals surface area (Å²) < 4.78 is 0. The maximum Gasteiger partial charge on any atom is 0.253 e. The Morgan fingerprint density at radius 1 is 0.808 bits per heavy atom. The Bertz CT molecular complexity index is 870. The van der Waals surface area contributed by atoms with Crippen molar-refractivity contribution in [2.45, 2.75) is 18.5 Å². The van der Waals surface area contributed by atoms with Crippen LogP contribution in [-0.2, 0) is 9.59 Å². The van der Waals surface area contributed by atoms with Crippen LogP contribution in [0.3, 0.4) is 0 Å². The lowest BCUT2D eigenvalue weighted by molar-refractivity contribution is -0.126. The summed E-state index contributed by atoms with van der Waals surface area (Å²) in [6.07, 6.45) is 1.00. The highest BCUT2D eigenvalue weighted by atomic mass is 35.5. The van der Waals surface area contributed by atoms with E-state index in [1.54, 1.807) is 0 Å². The van der Waals surface area contributed by atoms with Crippen molar-refractivity contribution in [1.29, 1.82) is 0 Å². The number of para-hydroxylation sites is 1. The Balaban J connectivity index is 1.59. The third-order valence-electron chi connectivity index (χ3n) is 5.63. The summed E-state index contributed by atoms with van der Waals surface area (Å²) in [5, 5.41) is 4.98. The molecule has 3 atom stereocenters. The van der Waals surface area contributed by atoms with Gasteiger partial charge >= 0.3 is 0 Å². The van der Waals surface area contributed by atoms with Crippen LogP contribution in [0.25, 0.3) is 0 Å². The van der Waals surface area contributed by atoms with E-state index in [4.69, 9.17) is 11.6 Å². The Labute approximate surface area is 156 Å². The summed E-state index contributed by atoms with van der Waals surface area (Å²) in [5.74, 6) is -0.612. The standard InChI is InChI=1S/C20H18ClN3O2/c21-14-9-7-13(8-10-14)17-16-18(23-12-4-11-22(17)23)20(26)24(19(16)25)15-5-2-1-3-6-15/h1-3,5-10,16-18H,4,11-12H2/t16-,17-,18-/m1/s1. The summed E-state index contributed by atoms with van der Waals surface area (Å²) in [4.78, 5) is 27.9. The lowest BCUT2D eigenvalue weighted by atomic mass is 9.90. The predicted octanol–water partition coefficient (Wildman–Crippen LogP) is 2.88. The zero-order valence-corrected chi connectivity index (χ0v) is 14.8. The minimum atomic E-state index is -0.411. The van der Waals surface area contributed by atoms with Crippen molar-refractivity contribution in [2.24, 2.45) is 5.92 Å². The SMILES string of the molecule is O=C1[C@@H]2[C@@H](c3ccc(Cl)cc3)N3CCCN3[C@H]2C(=O)N1c1ccccc1. The molecule has 2 amide bonds. The molecule has 6 heteroatoms. The van der Waals surface area contributed by atoms with Gasteiger partial charge in [-0.15, -0.1) is 0 Å². The first-order chi connectivity index (χ1) is 12.7. The van der Waals surface area contributed by atoms with Crippen LogP contribution in [-0.4, -0.2) is 41.0 Å². The number of hydrogen-bond acceptors (Lipinski definition) is 4. The second kappa shape index (κ2) is 5.91. The Morgan fingerprint density at radius 2 is 1.46 bits per heavy atom. The van der Waals surface area contributed by atoms with Crippen LogP contribution in [0.5, 0.6) is 0 Å². The number of anilines is 1. The average molecular weight is 368 g/mol. The number of imide groups is 1.